The standard InChI is InChI=1S/C18H24N4/c1-16(18-14-19-8-9-20-18)22-11-5-10-21(12-13-22)15-17-6-3-2-4-7-17/h2-4,6-9,14,16H,5,10-13,15H2,1H3/t16-/m0/s1. The molecule has 1 fully saturated rings. The molecule has 0 radical (unpaired) electrons. The molecule has 4 nitrogen and oxygen atoms in total. The first-order valence-electron chi connectivity index (χ1n) is 8.09. The maximum absolute atomic E-state index is 4.45. The van der Waals surface area contributed by atoms with Crippen LogP contribution in [0.2, 0.25) is 0 Å². The van der Waals surface area contributed by atoms with E-state index in [4.69, 9.17) is 0 Å². The van der Waals surface area contributed by atoms with Gasteiger partial charge in [-0.15, -0.1) is 0 Å². The van der Waals surface area contributed by atoms with Crippen molar-refractivity contribution in [3.8, 4) is 0 Å². The topological polar surface area (TPSA) is 32.3 Å². The van der Waals surface area contributed by atoms with E-state index in [0.29, 0.717) is 6.04 Å². The van der Waals surface area contributed by atoms with Crippen molar-refractivity contribution in [1.82, 2.24) is 19.8 Å². The van der Waals surface area contributed by atoms with Gasteiger partial charge in [0.05, 0.1) is 11.7 Å². The van der Waals surface area contributed by atoms with Gasteiger partial charge in [0, 0.05) is 44.8 Å². The molecule has 3 rings (SSSR count). The molecule has 0 bridgehead atoms. The van der Waals surface area contributed by atoms with Crippen molar-refractivity contribution in [3.63, 3.8) is 0 Å². The predicted molar refractivity (Wildman–Crippen MR) is 88.4 cm³/mol. The average Bonchev–Trinajstić information content (AvgIpc) is 2.82. The number of hydrogen-bond acceptors (Lipinski definition) is 4. The minimum Gasteiger partial charge on any atom is -0.298 e. The molecule has 1 aliphatic rings. The molecular weight excluding hydrogens is 272 g/mol. The fourth-order valence-corrected chi connectivity index (χ4v) is 3.09. The van der Waals surface area contributed by atoms with Crippen molar-refractivity contribution < 1.29 is 0 Å². The highest BCUT2D eigenvalue weighted by Crippen LogP contribution is 2.19. The molecule has 22 heavy (non-hydrogen) atoms. The minimum atomic E-state index is 0.338. The van der Waals surface area contributed by atoms with Crippen LogP contribution in [0.5, 0.6) is 0 Å². The van der Waals surface area contributed by atoms with Gasteiger partial charge in [-0.05, 0) is 25.5 Å². The summed E-state index contributed by atoms with van der Waals surface area (Å²) in [7, 11) is 0. The summed E-state index contributed by atoms with van der Waals surface area (Å²) in [6.45, 7) is 7.77. The van der Waals surface area contributed by atoms with E-state index < -0.39 is 0 Å². The van der Waals surface area contributed by atoms with Gasteiger partial charge in [-0.2, -0.15) is 0 Å². The quantitative estimate of drug-likeness (QED) is 0.868. The van der Waals surface area contributed by atoms with Gasteiger partial charge in [-0.3, -0.25) is 19.8 Å². The molecule has 0 saturated carbocycles. The first-order valence-corrected chi connectivity index (χ1v) is 8.09. The Morgan fingerprint density at radius 3 is 2.68 bits per heavy atom. The van der Waals surface area contributed by atoms with Crippen molar-refractivity contribution in [2.75, 3.05) is 26.2 Å². The third-order valence-electron chi connectivity index (χ3n) is 4.43. The van der Waals surface area contributed by atoms with E-state index in [1.165, 1.54) is 18.5 Å². The van der Waals surface area contributed by atoms with Gasteiger partial charge in [-0.25, -0.2) is 0 Å². The molecule has 0 spiro atoms. The number of hydrogen-bond donors (Lipinski definition) is 0. The molecule has 0 amide bonds. The molecule has 116 valence electrons. The summed E-state index contributed by atoms with van der Waals surface area (Å²) >= 11 is 0. The van der Waals surface area contributed by atoms with Crippen molar-refractivity contribution in [2.45, 2.75) is 25.9 Å². The average molecular weight is 296 g/mol. The maximum atomic E-state index is 4.45. The van der Waals surface area contributed by atoms with Crippen LogP contribution in [0.15, 0.2) is 48.9 Å². The van der Waals surface area contributed by atoms with Gasteiger partial charge in [0.2, 0.25) is 0 Å². The molecule has 1 atom stereocenters. The summed E-state index contributed by atoms with van der Waals surface area (Å²) in [5, 5.41) is 0. The maximum Gasteiger partial charge on any atom is 0.0755 e. The molecule has 0 aliphatic carbocycles. The number of nitrogens with zero attached hydrogens (tertiary/aromatic N) is 4. The fraction of sp³-hybridized carbons (Fsp3) is 0.444. The zero-order valence-corrected chi connectivity index (χ0v) is 13.2. The lowest BCUT2D eigenvalue weighted by Crippen LogP contribution is -2.32. The van der Waals surface area contributed by atoms with Crippen LogP contribution in [0.25, 0.3) is 0 Å². The lowest BCUT2D eigenvalue weighted by atomic mass is 10.2. The lowest BCUT2D eigenvalue weighted by Gasteiger charge is -2.27. The first kappa shape index (κ1) is 15.1. The van der Waals surface area contributed by atoms with E-state index >= 15 is 0 Å². The predicted octanol–water partition coefficient (Wildman–Crippen LogP) is 2.75. The molecule has 1 aromatic carbocycles. The molecule has 1 saturated heterocycles. The van der Waals surface area contributed by atoms with Crippen LogP contribution in [0, 0.1) is 0 Å². The highest BCUT2D eigenvalue weighted by atomic mass is 15.2. The lowest BCUT2D eigenvalue weighted by molar-refractivity contribution is 0.205. The van der Waals surface area contributed by atoms with Gasteiger partial charge in [-0.1, -0.05) is 30.3 Å². The molecule has 4 heteroatoms. The summed E-state index contributed by atoms with van der Waals surface area (Å²) < 4.78 is 0. The zero-order chi connectivity index (χ0) is 15.2. The van der Waals surface area contributed by atoms with Crippen LogP contribution in [0.4, 0.5) is 0 Å². The Bertz CT molecular complexity index is 558. The van der Waals surface area contributed by atoms with Crippen LogP contribution < -0.4 is 0 Å². The Hall–Kier alpha value is -1.78. The summed E-state index contributed by atoms with van der Waals surface area (Å²) in [4.78, 5) is 13.7. The minimum absolute atomic E-state index is 0.338. The third-order valence-corrected chi connectivity index (χ3v) is 4.43. The summed E-state index contributed by atoms with van der Waals surface area (Å²) in [5.41, 5.74) is 2.47. The summed E-state index contributed by atoms with van der Waals surface area (Å²) in [6.07, 6.45) is 6.61. The van der Waals surface area contributed by atoms with E-state index in [1.54, 1.807) is 12.4 Å². The van der Waals surface area contributed by atoms with E-state index in [-0.39, 0.29) is 0 Å². The Labute approximate surface area is 132 Å². The largest absolute Gasteiger partial charge is 0.298 e. The van der Waals surface area contributed by atoms with E-state index in [9.17, 15) is 0 Å². The Morgan fingerprint density at radius 2 is 1.91 bits per heavy atom. The van der Waals surface area contributed by atoms with Gasteiger partial charge in [0.25, 0.3) is 0 Å². The number of rotatable bonds is 4. The second-order valence-electron chi connectivity index (χ2n) is 5.96. The first-order chi connectivity index (χ1) is 10.8. The SMILES string of the molecule is C[C@@H](c1cnccn1)N1CCCN(Cc2ccccc2)CC1. The van der Waals surface area contributed by atoms with Crippen LogP contribution in [-0.2, 0) is 6.54 Å². The van der Waals surface area contributed by atoms with Gasteiger partial charge < -0.3 is 0 Å². The number of benzene rings is 1. The summed E-state index contributed by atoms with van der Waals surface area (Å²) in [5.74, 6) is 0. The molecule has 1 aromatic heterocycles. The molecule has 1 aliphatic heterocycles. The third kappa shape index (κ3) is 3.90. The second kappa shape index (κ2) is 7.47. The Balaban J connectivity index is 1.58. The molecule has 2 heterocycles. The number of aromatic nitrogens is 2. The van der Waals surface area contributed by atoms with Crippen LogP contribution in [0.3, 0.4) is 0 Å². The van der Waals surface area contributed by atoms with E-state index in [0.717, 1.165) is 31.9 Å². The normalized spacial score (nSPS) is 18.8. The summed E-state index contributed by atoms with van der Waals surface area (Å²) in [6, 6.07) is 11.1. The molecule has 0 unspecified atom stereocenters. The Morgan fingerprint density at radius 1 is 1.05 bits per heavy atom. The van der Waals surface area contributed by atoms with Crippen molar-refractivity contribution in [2.24, 2.45) is 0 Å². The fourth-order valence-electron chi connectivity index (χ4n) is 3.09. The van der Waals surface area contributed by atoms with Gasteiger partial charge in [0.1, 0.15) is 0 Å². The monoisotopic (exact) mass is 296 g/mol. The van der Waals surface area contributed by atoms with Crippen LogP contribution >= 0.6 is 0 Å². The van der Waals surface area contributed by atoms with Gasteiger partial charge >= 0.3 is 0 Å². The van der Waals surface area contributed by atoms with Crippen LogP contribution in [0.1, 0.15) is 30.6 Å². The zero-order valence-electron chi connectivity index (χ0n) is 13.2. The van der Waals surface area contributed by atoms with Crippen molar-refractivity contribution in [1.29, 1.82) is 0 Å². The molecule has 2 aromatic rings. The second-order valence-corrected chi connectivity index (χ2v) is 5.96. The highest BCUT2D eigenvalue weighted by molar-refractivity contribution is 5.14. The Kier molecular flexibility index (Phi) is 5.14. The van der Waals surface area contributed by atoms with Crippen LogP contribution in [-0.4, -0.2) is 45.9 Å². The van der Waals surface area contributed by atoms with Crippen molar-refractivity contribution >= 4 is 0 Å². The van der Waals surface area contributed by atoms with Crippen molar-refractivity contribution in [3.05, 3.63) is 60.2 Å². The van der Waals surface area contributed by atoms with E-state index in [2.05, 4.69) is 57.0 Å². The van der Waals surface area contributed by atoms with Gasteiger partial charge in [0.15, 0.2) is 0 Å². The van der Waals surface area contributed by atoms with E-state index in [1.807, 2.05) is 6.20 Å². The molecule has 0 N–H and O–H groups in total. The smallest absolute Gasteiger partial charge is 0.0755 e. The molecular formula is C18H24N4. The highest BCUT2D eigenvalue weighted by Gasteiger charge is 2.21.